The molecule has 0 amide bonds. The number of nitrogens with zero attached hydrogens (tertiary/aromatic N) is 1. The normalized spacial score (nSPS) is 14.9. The first-order chi connectivity index (χ1) is 8.06. The smallest absolute Gasteiger partial charge is 0.127 e. The zero-order valence-corrected chi connectivity index (χ0v) is 11.2. The predicted molar refractivity (Wildman–Crippen MR) is 70.6 cm³/mol. The number of hydrogen-bond acceptors (Lipinski definition) is 2. The van der Waals surface area contributed by atoms with Crippen LogP contribution in [0.4, 0.5) is 4.39 Å². The largest absolute Gasteiger partial charge is 0.313 e. The van der Waals surface area contributed by atoms with E-state index in [9.17, 15) is 4.39 Å². The van der Waals surface area contributed by atoms with Crippen LogP contribution in [0.2, 0.25) is 0 Å². The quantitative estimate of drug-likeness (QED) is 0.820. The Balaban J connectivity index is 2.63. The SMILES string of the molecule is CCNC(C)CN(C)C(C)c1ccccc1F. The summed E-state index contributed by atoms with van der Waals surface area (Å²) in [4.78, 5) is 2.17. The van der Waals surface area contributed by atoms with Gasteiger partial charge in [0, 0.05) is 24.2 Å². The fourth-order valence-corrected chi connectivity index (χ4v) is 2.05. The molecule has 2 unspecified atom stereocenters. The van der Waals surface area contributed by atoms with Crippen molar-refractivity contribution in [3.8, 4) is 0 Å². The van der Waals surface area contributed by atoms with Crippen molar-refractivity contribution >= 4 is 0 Å². The van der Waals surface area contributed by atoms with E-state index in [4.69, 9.17) is 0 Å². The van der Waals surface area contributed by atoms with Gasteiger partial charge in [0.1, 0.15) is 5.82 Å². The minimum Gasteiger partial charge on any atom is -0.313 e. The van der Waals surface area contributed by atoms with Crippen LogP contribution < -0.4 is 5.32 Å². The van der Waals surface area contributed by atoms with Gasteiger partial charge in [-0.05, 0) is 33.5 Å². The molecule has 3 heteroatoms. The van der Waals surface area contributed by atoms with Gasteiger partial charge in [-0.2, -0.15) is 0 Å². The van der Waals surface area contributed by atoms with Crippen LogP contribution in [0.25, 0.3) is 0 Å². The molecule has 1 N–H and O–H groups in total. The molecule has 0 spiro atoms. The van der Waals surface area contributed by atoms with Crippen LogP contribution in [0, 0.1) is 5.82 Å². The van der Waals surface area contributed by atoms with E-state index in [1.54, 1.807) is 6.07 Å². The van der Waals surface area contributed by atoms with Gasteiger partial charge in [-0.3, -0.25) is 4.90 Å². The molecule has 0 aliphatic heterocycles. The molecule has 0 saturated heterocycles. The minimum atomic E-state index is -0.122. The molecule has 0 radical (unpaired) electrons. The standard InChI is InChI=1S/C14H23FN2/c1-5-16-11(2)10-17(4)12(3)13-8-6-7-9-14(13)15/h6-9,11-12,16H,5,10H2,1-4H3. The lowest BCUT2D eigenvalue weighted by molar-refractivity contribution is 0.233. The Morgan fingerprint density at radius 1 is 1.29 bits per heavy atom. The summed E-state index contributed by atoms with van der Waals surface area (Å²) in [5, 5.41) is 3.36. The van der Waals surface area contributed by atoms with Gasteiger partial charge in [-0.15, -0.1) is 0 Å². The zero-order chi connectivity index (χ0) is 12.8. The maximum Gasteiger partial charge on any atom is 0.127 e. The second-order valence-corrected chi connectivity index (χ2v) is 4.60. The van der Waals surface area contributed by atoms with Crippen molar-refractivity contribution in [1.29, 1.82) is 0 Å². The highest BCUT2D eigenvalue weighted by molar-refractivity contribution is 5.20. The molecule has 1 rings (SSSR count). The van der Waals surface area contributed by atoms with Gasteiger partial charge in [-0.25, -0.2) is 4.39 Å². The fraction of sp³-hybridized carbons (Fsp3) is 0.571. The van der Waals surface area contributed by atoms with Crippen molar-refractivity contribution < 1.29 is 4.39 Å². The Morgan fingerprint density at radius 3 is 2.53 bits per heavy atom. The molecule has 0 heterocycles. The second-order valence-electron chi connectivity index (χ2n) is 4.60. The van der Waals surface area contributed by atoms with Crippen LogP contribution in [-0.4, -0.2) is 31.1 Å². The summed E-state index contributed by atoms with van der Waals surface area (Å²) < 4.78 is 13.6. The third kappa shape index (κ3) is 4.10. The van der Waals surface area contributed by atoms with Crippen molar-refractivity contribution in [3.05, 3.63) is 35.6 Å². The van der Waals surface area contributed by atoms with Gasteiger partial charge < -0.3 is 5.32 Å². The highest BCUT2D eigenvalue weighted by Gasteiger charge is 2.16. The molecule has 96 valence electrons. The van der Waals surface area contributed by atoms with Crippen LogP contribution in [0.5, 0.6) is 0 Å². The van der Waals surface area contributed by atoms with E-state index in [1.807, 2.05) is 26.1 Å². The van der Waals surface area contributed by atoms with Gasteiger partial charge in [-0.1, -0.05) is 25.1 Å². The Kier molecular flexibility index (Phi) is 5.59. The Morgan fingerprint density at radius 2 is 1.94 bits per heavy atom. The molecule has 0 saturated carbocycles. The summed E-state index contributed by atoms with van der Waals surface area (Å²) >= 11 is 0. The van der Waals surface area contributed by atoms with Crippen LogP contribution in [0.3, 0.4) is 0 Å². The third-order valence-corrected chi connectivity index (χ3v) is 3.13. The van der Waals surface area contributed by atoms with Crippen molar-refractivity contribution in [3.63, 3.8) is 0 Å². The van der Waals surface area contributed by atoms with Gasteiger partial charge in [0.15, 0.2) is 0 Å². The van der Waals surface area contributed by atoms with Crippen molar-refractivity contribution in [2.45, 2.75) is 32.9 Å². The molecule has 0 aromatic heterocycles. The van der Waals surface area contributed by atoms with Gasteiger partial charge in [0.2, 0.25) is 0 Å². The monoisotopic (exact) mass is 238 g/mol. The number of nitrogens with one attached hydrogen (secondary N) is 1. The summed E-state index contributed by atoms with van der Waals surface area (Å²) in [6.45, 7) is 8.15. The first kappa shape index (κ1) is 14.1. The summed E-state index contributed by atoms with van der Waals surface area (Å²) in [6.07, 6.45) is 0. The summed E-state index contributed by atoms with van der Waals surface area (Å²) in [6, 6.07) is 7.50. The second kappa shape index (κ2) is 6.72. The van der Waals surface area contributed by atoms with Crippen LogP contribution in [0.1, 0.15) is 32.4 Å². The lowest BCUT2D eigenvalue weighted by atomic mass is 10.1. The van der Waals surface area contributed by atoms with Gasteiger partial charge in [0.05, 0.1) is 0 Å². The zero-order valence-electron chi connectivity index (χ0n) is 11.2. The van der Waals surface area contributed by atoms with E-state index < -0.39 is 0 Å². The van der Waals surface area contributed by atoms with Crippen LogP contribution >= 0.6 is 0 Å². The maximum absolute atomic E-state index is 13.6. The van der Waals surface area contributed by atoms with Crippen molar-refractivity contribution in [1.82, 2.24) is 10.2 Å². The minimum absolute atomic E-state index is 0.0947. The van der Waals surface area contributed by atoms with E-state index >= 15 is 0 Å². The predicted octanol–water partition coefficient (Wildman–Crippen LogP) is 2.82. The lowest BCUT2D eigenvalue weighted by Gasteiger charge is -2.28. The number of halogens is 1. The first-order valence-corrected chi connectivity index (χ1v) is 6.24. The van der Waals surface area contributed by atoms with Crippen molar-refractivity contribution in [2.75, 3.05) is 20.1 Å². The maximum atomic E-state index is 13.6. The number of benzene rings is 1. The molecule has 0 fully saturated rings. The van der Waals surface area contributed by atoms with Crippen LogP contribution in [0.15, 0.2) is 24.3 Å². The third-order valence-electron chi connectivity index (χ3n) is 3.13. The average Bonchev–Trinajstić information content (AvgIpc) is 2.29. The van der Waals surface area contributed by atoms with E-state index in [1.165, 1.54) is 6.07 Å². The molecule has 0 aliphatic carbocycles. The fourth-order valence-electron chi connectivity index (χ4n) is 2.05. The van der Waals surface area contributed by atoms with E-state index in [0.29, 0.717) is 6.04 Å². The summed E-state index contributed by atoms with van der Waals surface area (Å²) in [5.74, 6) is -0.122. The summed E-state index contributed by atoms with van der Waals surface area (Å²) in [7, 11) is 2.03. The van der Waals surface area contributed by atoms with Crippen molar-refractivity contribution in [2.24, 2.45) is 0 Å². The molecule has 17 heavy (non-hydrogen) atoms. The van der Waals surface area contributed by atoms with Crippen LogP contribution in [-0.2, 0) is 0 Å². The Bertz CT molecular complexity index is 341. The molecule has 2 nitrogen and oxygen atoms in total. The number of hydrogen-bond donors (Lipinski definition) is 1. The highest BCUT2D eigenvalue weighted by atomic mass is 19.1. The molecular weight excluding hydrogens is 215 g/mol. The summed E-state index contributed by atoms with van der Waals surface area (Å²) in [5.41, 5.74) is 0.763. The van der Waals surface area contributed by atoms with E-state index in [0.717, 1.165) is 18.7 Å². The van der Waals surface area contributed by atoms with E-state index in [-0.39, 0.29) is 11.9 Å². The number of likely N-dealkylation sites (N-methyl/N-ethyl adjacent to an activating group) is 2. The van der Waals surface area contributed by atoms with E-state index in [2.05, 4.69) is 24.1 Å². The van der Waals surface area contributed by atoms with Gasteiger partial charge in [0.25, 0.3) is 0 Å². The first-order valence-electron chi connectivity index (χ1n) is 6.24. The molecule has 1 aromatic carbocycles. The molecular formula is C14H23FN2. The number of rotatable bonds is 6. The lowest BCUT2D eigenvalue weighted by Crippen LogP contribution is -2.38. The topological polar surface area (TPSA) is 15.3 Å². The molecule has 1 aromatic rings. The molecule has 2 atom stereocenters. The van der Waals surface area contributed by atoms with Gasteiger partial charge >= 0.3 is 0 Å². The highest BCUT2D eigenvalue weighted by Crippen LogP contribution is 2.21. The molecule has 0 aliphatic rings. The average molecular weight is 238 g/mol. The molecule has 0 bridgehead atoms. The Hall–Kier alpha value is -0.930. The Labute approximate surface area is 104 Å².